The molecular formula is C63H41N2OP. The van der Waals surface area contributed by atoms with E-state index in [1.165, 1.54) is 43.1 Å². The molecule has 0 aliphatic carbocycles. The van der Waals surface area contributed by atoms with Crippen molar-refractivity contribution in [1.29, 1.82) is 0 Å². The van der Waals surface area contributed by atoms with Crippen molar-refractivity contribution < 1.29 is 4.57 Å². The minimum Gasteiger partial charge on any atom is -0.309 e. The van der Waals surface area contributed by atoms with Crippen LogP contribution in [0.2, 0.25) is 0 Å². The summed E-state index contributed by atoms with van der Waals surface area (Å²) in [5.74, 6) is 0. The Labute approximate surface area is 387 Å². The Morgan fingerprint density at radius 1 is 0.313 bits per heavy atom. The van der Waals surface area contributed by atoms with E-state index in [1.807, 2.05) is 30.3 Å². The van der Waals surface area contributed by atoms with Crippen LogP contribution < -0.4 is 15.9 Å². The van der Waals surface area contributed by atoms with Crippen molar-refractivity contribution in [2.45, 2.75) is 5.41 Å². The van der Waals surface area contributed by atoms with Crippen molar-refractivity contribution in [3.05, 3.63) is 271 Å². The molecule has 0 spiro atoms. The molecule has 0 amide bonds. The highest BCUT2D eigenvalue weighted by Gasteiger charge is 2.51. The number of benzene rings is 11. The van der Waals surface area contributed by atoms with Crippen LogP contribution in [0.4, 0.5) is 0 Å². The van der Waals surface area contributed by atoms with Crippen LogP contribution in [-0.2, 0) is 9.98 Å². The van der Waals surface area contributed by atoms with Gasteiger partial charge < -0.3 is 13.7 Å². The van der Waals surface area contributed by atoms with E-state index in [1.54, 1.807) is 0 Å². The van der Waals surface area contributed by atoms with Gasteiger partial charge in [0, 0.05) is 48.8 Å². The fraction of sp³-hybridized carbons (Fsp3) is 0.0159. The number of rotatable bonds is 5. The van der Waals surface area contributed by atoms with Gasteiger partial charge in [0.15, 0.2) is 7.14 Å². The van der Waals surface area contributed by atoms with Crippen LogP contribution in [0.3, 0.4) is 0 Å². The Morgan fingerprint density at radius 3 is 1.21 bits per heavy atom. The molecule has 0 atom stereocenters. The molecular weight excluding hydrogens is 832 g/mol. The van der Waals surface area contributed by atoms with Crippen LogP contribution >= 0.6 is 7.14 Å². The minimum absolute atomic E-state index is 0.834. The molecule has 0 radical (unpaired) electrons. The Bertz CT molecular complexity index is 3960. The monoisotopic (exact) mass is 872 g/mol. The molecule has 2 aromatic heterocycles. The summed E-state index contributed by atoms with van der Waals surface area (Å²) in [6, 6.07) is 89.6. The number of para-hydroxylation sites is 2. The smallest absolute Gasteiger partial charge is 0.171 e. The van der Waals surface area contributed by atoms with Crippen LogP contribution in [0, 0.1) is 0 Å². The molecule has 0 unspecified atom stereocenters. The number of hydrogen-bond donors (Lipinski definition) is 0. The highest BCUT2D eigenvalue weighted by atomic mass is 31.2. The minimum atomic E-state index is -3.37. The lowest BCUT2D eigenvalue weighted by Gasteiger charge is -2.45. The average Bonchev–Trinajstić information content (AvgIpc) is 3.89. The second kappa shape index (κ2) is 14.4. The predicted octanol–water partition coefficient (Wildman–Crippen LogP) is 14.5. The first kappa shape index (κ1) is 38.1. The first-order valence-electron chi connectivity index (χ1n) is 23.0. The van der Waals surface area contributed by atoms with Gasteiger partial charge in [0.1, 0.15) is 0 Å². The Hall–Kier alpha value is -8.23. The third-order valence-electron chi connectivity index (χ3n) is 14.6. The zero-order chi connectivity index (χ0) is 44.3. The molecule has 0 bridgehead atoms. The van der Waals surface area contributed by atoms with Gasteiger partial charge in [-0.05, 0) is 104 Å². The first-order valence-corrected chi connectivity index (χ1v) is 24.7. The molecule has 4 heteroatoms. The average molecular weight is 873 g/mol. The SMILES string of the molecule is O=P1(c2ccccc2)c2ccccc2C(c2cccc(-n3c4ccccc4c4cc5ccccc5cc43)c2)(c2cccc(-n3c4ccccc4c4cc5ccccc5cc43)c2)c2ccccc21. The maximum atomic E-state index is 16.5. The Balaban J connectivity index is 1.10. The summed E-state index contributed by atoms with van der Waals surface area (Å²) in [6.07, 6.45) is 0. The molecule has 67 heavy (non-hydrogen) atoms. The summed E-state index contributed by atoms with van der Waals surface area (Å²) >= 11 is 0. The van der Waals surface area contributed by atoms with Gasteiger partial charge in [0.05, 0.1) is 27.5 Å². The second-order valence-electron chi connectivity index (χ2n) is 18.0. The second-order valence-corrected chi connectivity index (χ2v) is 20.7. The molecule has 314 valence electrons. The van der Waals surface area contributed by atoms with E-state index in [9.17, 15) is 0 Å². The molecule has 0 fully saturated rings. The molecule has 1 aliphatic heterocycles. The van der Waals surface area contributed by atoms with Crippen LogP contribution in [0.1, 0.15) is 22.3 Å². The normalized spacial score (nSPS) is 14.0. The lowest BCUT2D eigenvalue weighted by Crippen LogP contribution is -2.46. The summed E-state index contributed by atoms with van der Waals surface area (Å²) in [5.41, 5.74) is 10.1. The fourth-order valence-electron chi connectivity index (χ4n) is 11.7. The summed E-state index contributed by atoms with van der Waals surface area (Å²) in [5, 5.41) is 12.3. The number of fused-ring (bicyclic) bond motifs is 10. The molecule has 1 aliphatic rings. The van der Waals surface area contributed by atoms with Crippen LogP contribution in [0.15, 0.2) is 249 Å². The summed E-state index contributed by atoms with van der Waals surface area (Å²) in [4.78, 5) is 0. The predicted molar refractivity (Wildman–Crippen MR) is 281 cm³/mol. The van der Waals surface area contributed by atoms with E-state index in [2.05, 4.69) is 228 Å². The number of nitrogens with zero attached hydrogens (tertiary/aromatic N) is 2. The summed E-state index contributed by atoms with van der Waals surface area (Å²) in [6.45, 7) is 0. The third-order valence-corrected chi connectivity index (χ3v) is 17.7. The molecule has 11 aromatic carbocycles. The highest BCUT2D eigenvalue weighted by Crippen LogP contribution is 2.57. The van der Waals surface area contributed by atoms with Crippen molar-refractivity contribution in [3.8, 4) is 11.4 Å². The van der Waals surface area contributed by atoms with Gasteiger partial charge in [0.2, 0.25) is 0 Å². The van der Waals surface area contributed by atoms with Gasteiger partial charge in [-0.15, -0.1) is 0 Å². The molecule has 0 saturated carbocycles. The van der Waals surface area contributed by atoms with Crippen molar-refractivity contribution in [2.75, 3.05) is 0 Å². The number of aromatic nitrogens is 2. The van der Waals surface area contributed by atoms with Gasteiger partial charge in [0.25, 0.3) is 0 Å². The van der Waals surface area contributed by atoms with Gasteiger partial charge in [-0.1, -0.05) is 188 Å². The van der Waals surface area contributed by atoms with Crippen molar-refractivity contribution >= 4 is 88.2 Å². The zero-order valence-corrected chi connectivity index (χ0v) is 37.3. The van der Waals surface area contributed by atoms with Crippen LogP contribution in [-0.4, -0.2) is 9.13 Å². The van der Waals surface area contributed by atoms with Crippen molar-refractivity contribution in [3.63, 3.8) is 0 Å². The van der Waals surface area contributed by atoms with E-state index in [0.29, 0.717) is 0 Å². The Kier molecular flexibility index (Phi) is 8.17. The van der Waals surface area contributed by atoms with E-state index < -0.39 is 12.6 Å². The largest absolute Gasteiger partial charge is 0.309 e. The van der Waals surface area contributed by atoms with Crippen LogP contribution in [0.25, 0.3) is 76.5 Å². The fourth-order valence-corrected chi connectivity index (χ4v) is 14.9. The quantitative estimate of drug-likeness (QED) is 0.158. The highest BCUT2D eigenvalue weighted by molar-refractivity contribution is 7.85. The van der Waals surface area contributed by atoms with Gasteiger partial charge in [-0.3, -0.25) is 0 Å². The van der Waals surface area contributed by atoms with Gasteiger partial charge in [-0.2, -0.15) is 0 Å². The van der Waals surface area contributed by atoms with E-state index in [0.717, 1.165) is 71.6 Å². The maximum Gasteiger partial charge on any atom is 0.171 e. The van der Waals surface area contributed by atoms with Crippen molar-refractivity contribution in [1.82, 2.24) is 9.13 Å². The zero-order valence-electron chi connectivity index (χ0n) is 36.4. The third kappa shape index (κ3) is 5.32. The van der Waals surface area contributed by atoms with Gasteiger partial charge >= 0.3 is 0 Å². The van der Waals surface area contributed by atoms with Crippen LogP contribution in [0.5, 0.6) is 0 Å². The molecule has 0 saturated heterocycles. The molecule has 13 aromatic rings. The number of hydrogen-bond acceptors (Lipinski definition) is 1. The van der Waals surface area contributed by atoms with E-state index >= 15 is 4.57 Å². The summed E-state index contributed by atoms with van der Waals surface area (Å²) in [7, 11) is -3.37. The lowest BCUT2D eigenvalue weighted by molar-refractivity contribution is 0.590. The molecule has 3 nitrogen and oxygen atoms in total. The van der Waals surface area contributed by atoms with E-state index in [-0.39, 0.29) is 0 Å². The molecule has 14 rings (SSSR count). The molecule has 3 heterocycles. The Morgan fingerprint density at radius 2 is 0.716 bits per heavy atom. The summed E-state index contributed by atoms with van der Waals surface area (Å²) < 4.78 is 21.4. The standard InChI is InChI=1S/C63H41N2OP/c66-67(50-26-2-1-3-27-50)61-34-14-10-30-55(61)63(56-31-11-15-35-62(56)67,46-22-16-24-48(40-46)64-57-32-12-8-28-51(57)53-36-42-18-4-6-20-44(42)38-59(53)64)47-23-17-25-49(41-47)65-58-33-13-9-29-52(58)54-37-43-19-5-7-21-45(43)39-60(54)65/h1-41H. The van der Waals surface area contributed by atoms with Gasteiger partial charge in [-0.25, -0.2) is 0 Å². The lowest BCUT2D eigenvalue weighted by atomic mass is 9.64. The maximum absolute atomic E-state index is 16.5. The topological polar surface area (TPSA) is 26.9 Å². The first-order chi connectivity index (χ1) is 33.1. The van der Waals surface area contributed by atoms with Crippen molar-refractivity contribution in [2.24, 2.45) is 0 Å². The van der Waals surface area contributed by atoms with E-state index in [4.69, 9.17) is 0 Å². The molecule has 0 N–H and O–H groups in total.